The molecule has 0 heterocycles. The average molecular weight is 187 g/mol. The van der Waals surface area contributed by atoms with E-state index in [0.29, 0.717) is 0 Å². The van der Waals surface area contributed by atoms with Crippen LogP contribution in [0.25, 0.3) is 0 Å². The van der Waals surface area contributed by atoms with Crippen LogP contribution < -0.4 is 5.32 Å². The fourth-order valence-corrected chi connectivity index (χ4v) is 0.611. The minimum Gasteiger partial charge on any atom is -0.461 e. The number of amides is 1. The molecule has 0 saturated carbocycles. The summed E-state index contributed by atoms with van der Waals surface area (Å²) in [4.78, 5) is 21.8. The number of alkyl carbamates (subject to hydrolysis) is 1. The summed E-state index contributed by atoms with van der Waals surface area (Å²) in [6.07, 6.45) is 0.746. The Morgan fingerprint density at radius 2 is 2.08 bits per heavy atom. The Labute approximate surface area is 76.7 Å². The van der Waals surface area contributed by atoms with E-state index in [4.69, 9.17) is 0 Å². The molecule has 0 aliphatic rings. The topological polar surface area (TPSA) is 64.6 Å². The summed E-state index contributed by atoms with van der Waals surface area (Å²) in [5.41, 5.74) is 0.0775. The molecule has 13 heavy (non-hydrogen) atoms. The third kappa shape index (κ3) is 4.15. The third-order valence-corrected chi connectivity index (χ3v) is 1.21. The van der Waals surface area contributed by atoms with Gasteiger partial charge >= 0.3 is 12.1 Å². The Hall–Kier alpha value is -1.52. The summed E-state index contributed by atoms with van der Waals surface area (Å²) < 4.78 is 8.97. The smallest absolute Gasteiger partial charge is 0.411 e. The van der Waals surface area contributed by atoms with Crippen molar-refractivity contribution in [3.8, 4) is 0 Å². The number of hydrogen-bond acceptors (Lipinski definition) is 4. The van der Waals surface area contributed by atoms with Gasteiger partial charge in [-0.2, -0.15) is 0 Å². The molecular weight excluding hydrogens is 174 g/mol. The number of carbonyl (C=O) groups is 2. The molecule has 0 aromatic carbocycles. The van der Waals surface area contributed by atoms with Crippen molar-refractivity contribution in [2.75, 3.05) is 13.7 Å². The van der Waals surface area contributed by atoms with Gasteiger partial charge in [0.25, 0.3) is 0 Å². The average Bonchev–Trinajstić information content (AvgIpc) is 2.14. The fourth-order valence-electron chi connectivity index (χ4n) is 0.611. The lowest BCUT2D eigenvalue weighted by Gasteiger charge is -2.06. The zero-order valence-electron chi connectivity index (χ0n) is 7.92. The molecule has 0 aromatic heterocycles. The van der Waals surface area contributed by atoms with Crippen molar-refractivity contribution in [1.29, 1.82) is 0 Å². The highest BCUT2D eigenvalue weighted by Crippen LogP contribution is 1.94. The van der Waals surface area contributed by atoms with Gasteiger partial charge in [0.05, 0.1) is 13.7 Å². The second kappa shape index (κ2) is 6.05. The highest BCUT2D eigenvalue weighted by molar-refractivity contribution is 5.92. The Bertz CT molecular complexity index is 222. The van der Waals surface area contributed by atoms with Gasteiger partial charge in [0.1, 0.15) is 5.70 Å². The largest absolute Gasteiger partial charge is 0.461 e. The van der Waals surface area contributed by atoms with Crippen LogP contribution in [0.1, 0.15) is 13.8 Å². The molecule has 0 saturated heterocycles. The first kappa shape index (κ1) is 11.5. The normalized spacial score (nSPS) is 10.5. The first-order valence-corrected chi connectivity index (χ1v) is 3.84. The molecule has 0 aromatic rings. The summed E-state index contributed by atoms with van der Waals surface area (Å²) in [5.74, 6) is -0.574. The maximum absolute atomic E-state index is 11.1. The van der Waals surface area contributed by atoms with Gasteiger partial charge in [-0.25, -0.2) is 9.59 Å². The van der Waals surface area contributed by atoms with E-state index in [2.05, 4.69) is 14.8 Å². The lowest BCUT2D eigenvalue weighted by atomic mass is 10.4. The summed E-state index contributed by atoms with van der Waals surface area (Å²) in [6, 6.07) is 0. The van der Waals surface area contributed by atoms with Crippen molar-refractivity contribution >= 4 is 12.1 Å². The summed E-state index contributed by atoms with van der Waals surface area (Å²) >= 11 is 0. The second-order valence-electron chi connectivity index (χ2n) is 2.04. The van der Waals surface area contributed by atoms with E-state index >= 15 is 0 Å². The van der Waals surface area contributed by atoms with Crippen molar-refractivity contribution in [1.82, 2.24) is 5.32 Å². The molecule has 1 amide bonds. The van der Waals surface area contributed by atoms with E-state index in [1.54, 1.807) is 13.8 Å². The number of hydrogen-bond donors (Lipinski definition) is 1. The van der Waals surface area contributed by atoms with Crippen LogP contribution in [0.3, 0.4) is 0 Å². The first-order chi connectivity index (χ1) is 6.15. The highest BCUT2D eigenvalue weighted by Gasteiger charge is 2.12. The minimum atomic E-state index is -0.693. The molecule has 5 heteroatoms. The van der Waals surface area contributed by atoms with Crippen molar-refractivity contribution in [2.45, 2.75) is 13.8 Å². The molecule has 0 aliphatic carbocycles. The number of esters is 1. The van der Waals surface area contributed by atoms with Crippen LogP contribution in [0.2, 0.25) is 0 Å². The number of methoxy groups -OCH3 is 1. The van der Waals surface area contributed by atoms with Crippen molar-refractivity contribution < 1.29 is 19.1 Å². The number of carbonyl (C=O) groups excluding carboxylic acids is 2. The molecule has 0 bridgehead atoms. The highest BCUT2D eigenvalue weighted by atomic mass is 16.5. The molecule has 0 spiro atoms. The molecule has 5 nitrogen and oxygen atoms in total. The molecule has 0 rings (SSSR count). The molecule has 0 fully saturated rings. The van der Waals surface area contributed by atoms with Crippen LogP contribution in [-0.2, 0) is 14.3 Å². The fraction of sp³-hybridized carbons (Fsp3) is 0.500. The maximum atomic E-state index is 11.1. The summed E-state index contributed by atoms with van der Waals surface area (Å²) in [6.45, 7) is 3.56. The number of nitrogens with one attached hydrogen (secondary N) is 1. The van der Waals surface area contributed by atoms with Gasteiger partial charge in [0.15, 0.2) is 0 Å². The Morgan fingerprint density at radius 1 is 1.46 bits per heavy atom. The van der Waals surface area contributed by atoms with Crippen LogP contribution in [0.4, 0.5) is 4.79 Å². The van der Waals surface area contributed by atoms with Crippen LogP contribution in [0, 0.1) is 0 Å². The lowest BCUT2D eigenvalue weighted by molar-refractivity contribution is -0.138. The van der Waals surface area contributed by atoms with Gasteiger partial charge in [-0.3, -0.25) is 5.32 Å². The Morgan fingerprint density at radius 3 is 2.46 bits per heavy atom. The standard InChI is InChI=1S/C8H13NO4/c1-4-6(7(10)13-5-2)9-8(11)12-3/h4H,5H2,1-3H3,(H,9,11)/b6-4-. The van der Waals surface area contributed by atoms with Crippen molar-refractivity contribution in [2.24, 2.45) is 0 Å². The minimum absolute atomic E-state index is 0.0775. The predicted molar refractivity (Wildman–Crippen MR) is 45.9 cm³/mol. The quantitative estimate of drug-likeness (QED) is 0.524. The van der Waals surface area contributed by atoms with E-state index in [-0.39, 0.29) is 12.3 Å². The van der Waals surface area contributed by atoms with Crippen LogP contribution in [-0.4, -0.2) is 25.8 Å². The molecule has 74 valence electrons. The molecule has 1 N–H and O–H groups in total. The SMILES string of the molecule is C/C=C(\NC(=O)OC)C(=O)OCC. The van der Waals surface area contributed by atoms with Crippen LogP contribution >= 0.6 is 0 Å². The monoisotopic (exact) mass is 187 g/mol. The van der Waals surface area contributed by atoms with Crippen LogP contribution in [0.5, 0.6) is 0 Å². The van der Waals surface area contributed by atoms with Gasteiger partial charge in [-0.1, -0.05) is 6.08 Å². The third-order valence-electron chi connectivity index (χ3n) is 1.21. The van der Waals surface area contributed by atoms with E-state index in [0.717, 1.165) is 0 Å². The van der Waals surface area contributed by atoms with Gasteiger partial charge in [0.2, 0.25) is 0 Å². The number of ether oxygens (including phenoxy) is 2. The number of rotatable bonds is 3. The van der Waals surface area contributed by atoms with Crippen molar-refractivity contribution in [3.63, 3.8) is 0 Å². The molecule has 0 aliphatic heterocycles. The first-order valence-electron chi connectivity index (χ1n) is 3.84. The predicted octanol–water partition coefficient (Wildman–Crippen LogP) is 0.809. The molecule has 0 atom stereocenters. The van der Waals surface area contributed by atoms with Gasteiger partial charge < -0.3 is 9.47 Å². The van der Waals surface area contributed by atoms with E-state index in [1.165, 1.54) is 13.2 Å². The van der Waals surface area contributed by atoms with Crippen LogP contribution in [0.15, 0.2) is 11.8 Å². The van der Waals surface area contributed by atoms with Gasteiger partial charge in [-0.15, -0.1) is 0 Å². The van der Waals surface area contributed by atoms with E-state index < -0.39 is 12.1 Å². The van der Waals surface area contributed by atoms with Gasteiger partial charge in [0, 0.05) is 0 Å². The molecule has 0 unspecified atom stereocenters. The lowest BCUT2D eigenvalue weighted by Crippen LogP contribution is -2.28. The number of allylic oxidation sites excluding steroid dienone is 1. The molecule has 0 radical (unpaired) electrons. The maximum Gasteiger partial charge on any atom is 0.411 e. The summed E-state index contributed by atoms with van der Waals surface area (Å²) in [7, 11) is 1.22. The summed E-state index contributed by atoms with van der Waals surface area (Å²) in [5, 5.41) is 2.23. The van der Waals surface area contributed by atoms with Crippen molar-refractivity contribution in [3.05, 3.63) is 11.8 Å². The van der Waals surface area contributed by atoms with E-state index in [1.807, 2.05) is 0 Å². The second-order valence-corrected chi connectivity index (χ2v) is 2.04. The zero-order valence-corrected chi connectivity index (χ0v) is 7.92. The Kier molecular flexibility index (Phi) is 5.34. The molecular formula is C8H13NO4. The van der Waals surface area contributed by atoms with Gasteiger partial charge in [-0.05, 0) is 13.8 Å². The Balaban J connectivity index is 4.20. The zero-order chi connectivity index (χ0) is 10.3. The van der Waals surface area contributed by atoms with E-state index in [9.17, 15) is 9.59 Å².